The number of rotatable bonds is 10. The molecule has 2 atom stereocenters. The van der Waals surface area contributed by atoms with Gasteiger partial charge >= 0.3 is 0 Å². The van der Waals surface area contributed by atoms with Gasteiger partial charge in [-0.1, -0.05) is 60.6 Å². The quantitative estimate of drug-likeness (QED) is 0.201. The molecule has 1 saturated heterocycles. The van der Waals surface area contributed by atoms with Crippen LogP contribution in [0.3, 0.4) is 0 Å². The number of carbonyl (C=O) groups excluding carboxylic acids is 2. The number of thioether (sulfide) groups is 1. The van der Waals surface area contributed by atoms with E-state index >= 15 is 0 Å². The Kier molecular flexibility index (Phi) is 9.16. The maximum absolute atomic E-state index is 13.6. The van der Waals surface area contributed by atoms with Crippen molar-refractivity contribution in [1.29, 1.82) is 0 Å². The Labute approximate surface area is 243 Å². The lowest BCUT2D eigenvalue weighted by atomic mass is 10.1. The SMILES string of the molecule is CCC(Sc1nc2ccccc2c(=O)n1Cc1ccc(C(=O)NCC2CCCO2)cc1)C(=O)Nc1ccc(C)cc1. The normalized spacial score (nSPS) is 15.5. The van der Waals surface area contributed by atoms with Gasteiger partial charge in [0.1, 0.15) is 0 Å². The van der Waals surface area contributed by atoms with Crippen molar-refractivity contribution in [1.82, 2.24) is 14.9 Å². The fraction of sp³-hybridized carbons (Fsp3) is 0.312. The molecule has 2 N–H and O–H groups in total. The van der Waals surface area contributed by atoms with Gasteiger partial charge in [0.2, 0.25) is 5.91 Å². The first kappa shape index (κ1) is 28.6. The Morgan fingerprint density at radius 1 is 1.07 bits per heavy atom. The van der Waals surface area contributed by atoms with E-state index in [1.54, 1.807) is 22.8 Å². The van der Waals surface area contributed by atoms with Gasteiger partial charge < -0.3 is 15.4 Å². The van der Waals surface area contributed by atoms with Gasteiger partial charge in [0.25, 0.3) is 11.5 Å². The van der Waals surface area contributed by atoms with Gasteiger partial charge in [0.15, 0.2) is 5.16 Å². The smallest absolute Gasteiger partial charge is 0.262 e. The second-order valence-electron chi connectivity index (χ2n) is 10.2. The fourth-order valence-electron chi connectivity index (χ4n) is 4.74. The highest BCUT2D eigenvalue weighted by Gasteiger charge is 2.23. The number of anilines is 1. The number of hydrogen-bond donors (Lipinski definition) is 2. The minimum Gasteiger partial charge on any atom is -0.376 e. The molecule has 3 aromatic carbocycles. The predicted octanol–water partition coefficient (Wildman–Crippen LogP) is 5.17. The number of ether oxygens (including phenoxy) is 1. The van der Waals surface area contributed by atoms with Crippen LogP contribution in [0.15, 0.2) is 82.7 Å². The number of carbonyl (C=O) groups is 2. The van der Waals surface area contributed by atoms with E-state index in [0.717, 1.165) is 36.3 Å². The molecule has 1 aromatic heterocycles. The molecule has 8 nitrogen and oxygen atoms in total. The summed E-state index contributed by atoms with van der Waals surface area (Å²) in [5.41, 5.74) is 3.64. The summed E-state index contributed by atoms with van der Waals surface area (Å²) in [6.07, 6.45) is 2.61. The van der Waals surface area contributed by atoms with E-state index in [1.807, 2.05) is 68.4 Å². The first-order valence-electron chi connectivity index (χ1n) is 13.9. The van der Waals surface area contributed by atoms with Crippen LogP contribution in [0.4, 0.5) is 5.69 Å². The molecule has 2 unspecified atom stereocenters. The van der Waals surface area contributed by atoms with Crippen LogP contribution in [0.2, 0.25) is 0 Å². The zero-order valence-electron chi connectivity index (χ0n) is 23.3. The standard InChI is InChI=1S/C32H34N4O4S/c1-3-28(30(38)34-24-16-10-21(2)11-17-24)41-32-35-27-9-5-4-8-26(27)31(39)36(32)20-22-12-14-23(15-13-22)29(37)33-19-25-7-6-18-40-25/h4-5,8-17,25,28H,3,6-7,18-20H2,1-2H3,(H,33,37)(H,34,38). The van der Waals surface area contributed by atoms with Crippen LogP contribution in [0.25, 0.3) is 10.9 Å². The number of benzene rings is 3. The van der Waals surface area contributed by atoms with Crippen molar-refractivity contribution in [3.8, 4) is 0 Å². The number of fused-ring (bicyclic) bond motifs is 1. The Morgan fingerprint density at radius 2 is 1.83 bits per heavy atom. The molecule has 212 valence electrons. The summed E-state index contributed by atoms with van der Waals surface area (Å²) in [6.45, 7) is 5.44. The van der Waals surface area contributed by atoms with E-state index in [-0.39, 0.29) is 30.0 Å². The summed E-state index contributed by atoms with van der Waals surface area (Å²) in [5.74, 6) is -0.299. The summed E-state index contributed by atoms with van der Waals surface area (Å²) in [7, 11) is 0. The maximum Gasteiger partial charge on any atom is 0.262 e. The van der Waals surface area contributed by atoms with E-state index in [4.69, 9.17) is 9.72 Å². The van der Waals surface area contributed by atoms with Crippen molar-refractivity contribution >= 4 is 40.2 Å². The lowest BCUT2D eigenvalue weighted by Gasteiger charge is -2.18. The average Bonchev–Trinajstić information content (AvgIpc) is 3.52. The average molecular weight is 571 g/mol. The Hall–Kier alpha value is -3.95. The molecule has 0 spiro atoms. The fourth-order valence-corrected chi connectivity index (χ4v) is 5.76. The Bertz CT molecular complexity index is 1580. The third-order valence-corrected chi connectivity index (χ3v) is 8.48. The number of aromatic nitrogens is 2. The molecule has 0 saturated carbocycles. The maximum atomic E-state index is 13.6. The zero-order chi connectivity index (χ0) is 28.8. The first-order valence-corrected chi connectivity index (χ1v) is 14.8. The van der Waals surface area contributed by atoms with Gasteiger partial charge in [-0.2, -0.15) is 0 Å². The number of amides is 2. The van der Waals surface area contributed by atoms with E-state index < -0.39 is 5.25 Å². The Morgan fingerprint density at radius 3 is 2.54 bits per heavy atom. The molecule has 0 aliphatic carbocycles. The first-order chi connectivity index (χ1) is 19.9. The van der Waals surface area contributed by atoms with Crippen LogP contribution in [-0.2, 0) is 16.1 Å². The molecule has 5 rings (SSSR count). The molecule has 0 radical (unpaired) electrons. The highest BCUT2D eigenvalue weighted by atomic mass is 32.2. The molecule has 0 bridgehead atoms. The third kappa shape index (κ3) is 7.04. The van der Waals surface area contributed by atoms with Gasteiger partial charge in [-0.05, 0) is 68.1 Å². The molecule has 4 aromatic rings. The van der Waals surface area contributed by atoms with E-state index in [0.29, 0.717) is 34.6 Å². The van der Waals surface area contributed by atoms with Crippen LogP contribution in [-0.4, -0.2) is 45.9 Å². The summed E-state index contributed by atoms with van der Waals surface area (Å²) < 4.78 is 7.19. The van der Waals surface area contributed by atoms with Crippen molar-refractivity contribution in [3.05, 3.63) is 99.8 Å². The van der Waals surface area contributed by atoms with Crippen LogP contribution >= 0.6 is 11.8 Å². The number of hydrogen-bond acceptors (Lipinski definition) is 6. The van der Waals surface area contributed by atoms with Crippen molar-refractivity contribution in [2.75, 3.05) is 18.5 Å². The lowest BCUT2D eigenvalue weighted by Crippen LogP contribution is -2.31. The van der Waals surface area contributed by atoms with Crippen LogP contribution in [0.1, 0.15) is 47.7 Å². The van der Waals surface area contributed by atoms with Crippen LogP contribution in [0, 0.1) is 6.92 Å². The topological polar surface area (TPSA) is 102 Å². The van der Waals surface area contributed by atoms with Gasteiger partial charge in [0.05, 0.1) is 28.8 Å². The lowest BCUT2D eigenvalue weighted by molar-refractivity contribution is -0.115. The highest BCUT2D eigenvalue weighted by Crippen LogP contribution is 2.27. The monoisotopic (exact) mass is 570 g/mol. The summed E-state index contributed by atoms with van der Waals surface area (Å²) in [5, 5.41) is 6.45. The molecule has 9 heteroatoms. The van der Waals surface area contributed by atoms with Crippen molar-refractivity contribution < 1.29 is 14.3 Å². The molecule has 1 aliphatic heterocycles. The molecule has 2 heterocycles. The van der Waals surface area contributed by atoms with Crippen LogP contribution < -0.4 is 16.2 Å². The second-order valence-corrected chi connectivity index (χ2v) is 11.4. The molecular weight excluding hydrogens is 536 g/mol. The Balaban J connectivity index is 1.36. The van der Waals surface area contributed by atoms with E-state index in [2.05, 4.69) is 10.6 Å². The number of aryl methyl sites for hydroxylation is 1. The van der Waals surface area contributed by atoms with Gasteiger partial charge in [0, 0.05) is 24.4 Å². The predicted molar refractivity (Wildman–Crippen MR) is 163 cm³/mol. The molecular formula is C32H34N4O4S. The highest BCUT2D eigenvalue weighted by molar-refractivity contribution is 8.00. The molecule has 1 aliphatic rings. The summed E-state index contributed by atoms with van der Waals surface area (Å²) in [4.78, 5) is 44.2. The minimum absolute atomic E-state index is 0.0762. The van der Waals surface area contributed by atoms with Crippen molar-refractivity contribution in [2.24, 2.45) is 0 Å². The van der Waals surface area contributed by atoms with Crippen LogP contribution in [0.5, 0.6) is 0 Å². The number of nitrogens with zero attached hydrogens (tertiary/aromatic N) is 2. The van der Waals surface area contributed by atoms with E-state index in [9.17, 15) is 14.4 Å². The molecule has 1 fully saturated rings. The summed E-state index contributed by atoms with van der Waals surface area (Å²) in [6, 6.07) is 22.1. The van der Waals surface area contributed by atoms with Crippen molar-refractivity contribution in [3.63, 3.8) is 0 Å². The zero-order valence-corrected chi connectivity index (χ0v) is 24.1. The molecule has 41 heavy (non-hydrogen) atoms. The minimum atomic E-state index is -0.453. The molecule has 2 amide bonds. The van der Waals surface area contributed by atoms with Crippen molar-refractivity contribution in [2.45, 2.75) is 56.2 Å². The van der Waals surface area contributed by atoms with Gasteiger partial charge in [-0.25, -0.2) is 4.98 Å². The third-order valence-electron chi connectivity index (χ3n) is 7.13. The second kappa shape index (κ2) is 13.1. The summed E-state index contributed by atoms with van der Waals surface area (Å²) >= 11 is 1.28. The van der Waals surface area contributed by atoms with Gasteiger partial charge in [-0.3, -0.25) is 19.0 Å². The van der Waals surface area contributed by atoms with E-state index in [1.165, 1.54) is 11.8 Å². The largest absolute Gasteiger partial charge is 0.376 e. The number of para-hydroxylation sites is 1. The van der Waals surface area contributed by atoms with Gasteiger partial charge in [-0.15, -0.1) is 0 Å². The number of nitrogens with one attached hydrogen (secondary N) is 2.